The molecule has 1 heterocycles. The van der Waals surface area contributed by atoms with Crippen molar-refractivity contribution in [3.8, 4) is 12.3 Å². The summed E-state index contributed by atoms with van der Waals surface area (Å²) in [7, 11) is 1.33. The van der Waals surface area contributed by atoms with Gasteiger partial charge in [-0.25, -0.2) is 4.79 Å². The monoisotopic (exact) mass is 364 g/mol. The Kier molecular flexibility index (Phi) is 5.01. The molecule has 5 nitrogen and oxygen atoms in total. The number of esters is 1. The molecular formula is C20H16N2O3S. The van der Waals surface area contributed by atoms with Crippen molar-refractivity contribution in [2.75, 3.05) is 7.11 Å². The molecule has 6 heteroatoms. The van der Waals surface area contributed by atoms with Crippen molar-refractivity contribution in [1.29, 1.82) is 0 Å². The maximum atomic E-state index is 12.6. The normalized spacial score (nSPS) is 11.3. The minimum absolute atomic E-state index is 0.275. The Balaban J connectivity index is 2.17. The Morgan fingerprint density at radius 2 is 2.04 bits per heavy atom. The summed E-state index contributed by atoms with van der Waals surface area (Å²) in [6, 6.07) is 12.5. The highest BCUT2D eigenvalue weighted by Crippen LogP contribution is 2.20. The van der Waals surface area contributed by atoms with Gasteiger partial charge in [-0.05, 0) is 36.8 Å². The summed E-state index contributed by atoms with van der Waals surface area (Å²) in [4.78, 5) is 29.1. The topological polar surface area (TPSA) is 60.7 Å². The van der Waals surface area contributed by atoms with Gasteiger partial charge in [0, 0.05) is 5.56 Å². The van der Waals surface area contributed by atoms with Gasteiger partial charge in [-0.3, -0.25) is 4.79 Å². The van der Waals surface area contributed by atoms with Crippen molar-refractivity contribution in [2.45, 2.75) is 13.5 Å². The van der Waals surface area contributed by atoms with Gasteiger partial charge in [0.15, 0.2) is 4.80 Å². The number of carbonyl (C=O) groups is 2. The number of amides is 1. The first kappa shape index (κ1) is 17.6. The third-order valence-corrected chi connectivity index (χ3v) is 4.97. The Morgan fingerprint density at radius 1 is 1.27 bits per heavy atom. The molecule has 0 spiro atoms. The molecule has 0 unspecified atom stereocenters. The minimum Gasteiger partial charge on any atom is -0.465 e. The van der Waals surface area contributed by atoms with Gasteiger partial charge in [-0.1, -0.05) is 35.5 Å². The molecule has 0 aliphatic heterocycles. The summed E-state index contributed by atoms with van der Waals surface area (Å²) in [5.41, 5.74) is 2.66. The van der Waals surface area contributed by atoms with E-state index in [0.717, 1.165) is 15.8 Å². The number of thiazole rings is 1. The minimum atomic E-state index is -0.418. The average Bonchev–Trinajstić information content (AvgIpc) is 2.98. The lowest BCUT2D eigenvalue weighted by Crippen LogP contribution is -2.16. The maximum absolute atomic E-state index is 12.6. The standard InChI is InChI=1S/C20H16N2O3S/c1-4-11-22-16-10-9-14(19(24)25-3)12-17(16)26-20(22)21-18(23)15-8-6-5-7-13(15)2/h1,5-10,12H,11H2,2-3H3. The fourth-order valence-corrected chi connectivity index (χ4v) is 3.67. The molecule has 130 valence electrons. The van der Waals surface area contributed by atoms with E-state index in [0.29, 0.717) is 15.9 Å². The van der Waals surface area contributed by atoms with E-state index in [1.807, 2.05) is 19.1 Å². The van der Waals surface area contributed by atoms with Crippen molar-refractivity contribution < 1.29 is 14.3 Å². The van der Waals surface area contributed by atoms with E-state index in [4.69, 9.17) is 11.2 Å². The van der Waals surface area contributed by atoms with E-state index < -0.39 is 5.97 Å². The largest absolute Gasteiger partial charge is 0.465 e. The van der Waals surface area contributed by atoms with Crippen LogP contribution in [0.15, 0.2) is 47.5 Å². The van der Waals surface area contributed by atoms with E-state index in [1.165, 1.54) is 18.4 Å². The van der Waals surface area contributed by atoms with Crippen LogP contribution in [-0.4, -0.2) is 23.6 Å². The van der Waals surface area contributed by atoms with Crippen LogP contribution in [0.5, 0.6) is 0 Å². The molecule has 0 saturated carbocycles. The lowest BCUT2D eigenvalue weighted by molar-refractivity contribution is 0.0601. The molecule has 1 amide bonds. The van der Waals surface area contributed by atoms with Gasteiger partial charge in [-0.2, -0.15) is 4.99 Å². The van der Waals surface area contributed by atoms with Crippen LogP contribution in [0.3, 0.4) is 0 Å². The maximum Gasteiger partial charge on any atom is 0.337 e. The van der Waals surface area contributed by atoms with E-state index in [-0.39, 0.29) is 12.5 Å². The molecule has 0 saturated heterocycles. The molecule has 0 radical (unpaired) electrons. The number of benzene rings is 2. The van der Waals surface area contributed by atoms with E-state index in [9.17, 15) is 9.59 Å². The molecule has 0 aliphatic rings. The molecule has 1 aromatic heterocycles. The lowest BCUT2D eigenvalue weighted by atomic mass is 10.1. The number of carbonyl (C=O) groups excluding carboxylic acids is 2. The molecule has 2 aromatic carbocycles. The number of nitrogens with zero attached hydrogens (tertiary/aromatic N) is 2. The zero-order chi connectivity index (χ0) is 18.7. The van der Waals surface area contributed by atoms with Gasteiger partial charge in [0.1, 0.15) is 0 Å². The van der Waals surface area contributed by atoms with Crippen LogP contribution in [0.2, 0.25) is 0 Å². The molecule has 0 atom stereocenters. The highest BCUT2D eigenvalue weighted by Gasteiger charge is 2.13. The smallest absolute Gasteiger partial charge is 0.337 e. The van der Waals surface area contributed by atoms with Crippen LogP contribution in [0.4, 0.5) is 0 Å². The van der Waals surface area contributed by atoms with Crippen LogP contribution in [0, 0.1) is 19.3 Å². The number of ether oxygens (including phenoxy) is 1. The Hall–Kier alpha value is -3.17. The van der Waals surface area contributed by atoms with Crippen molar-refractivity contribution in [3.63, 3.8) is 0 Å². The first-order chi connectivity index (χ1) is 12.5. The molecule has 3 aromatic rings. The van der Waals surface area contributed by atoms with Crippen molar-refractivity contribution in [3.05, 3.63) is 64.0 Å². The summed E-state index contributed by atoms with van der Waals surface area (Å²) >= 11 is 1.31. The third-order valence-electron chi connectivity index (χ3n) is 3.93. The predicted octanol–water partition coefficient (Wildman–Crippen LogP) is 3.17. The lowest BCUT2D eigenvalue weighted by Gasteiger charge is -2.02. The number of aromatic nitrogens is 1. The van der Waals surface area contributed by atoms with Crippen molar-refractivity contribution in [2.24, 2.45) is 4.99 Å². The van der Waals surface area contributed by atoms with Crippen LogP contribution in [-0.2, 0) is 11.3 Å². The number of fused-ring (bicyclic) bond motifs is 1. The quantitative estimate of drug-likeness (QED) is 0.530. The molecule has 3 rings (SSSR count). The SMILES string of the molecule is C#CCn1c(=NC(=O)c2ccccc2C)sc2cc(C(=O)OC)ccc21. The number of hydrogen-bond donors (Lipinski definition) is 0. The second-order valence-electron chi connectivity index (χ2n) is 5.58. The van der Waals surface area contributed by atoms with Crippen LogP contribution in [0.25, 0.3) is 10.2 Å². The Morgan fingerprint density at radius 3 is 2.73 bits per heavy atom. The van der Waals surface area contributed by atoms with Crippen LogP contribution < -0.4 is 4.80 Å². The van der Waals surface area contributed by atoms with Gasteiger partial charge in [-0.15, -0.1) is 6.42 Å². The molecule has 0 bridgehead atoms. The Labute approximate surface area is 154 Å². The molecular weight excluding hydrogens is 348 g/mol. The molecule has 0 N–H and O–H groups in total. The zero-order valence-electron chi connectivity index (χ0n) is 14.4. The van der Waals surface area contributed by atoms with Gasteiger partial charge < -0.3 is 9.30 Å². The number of hydrogen-bond acceptors (Lipinski definition) is 4. The average molecular weight is 364 g/mol. The Bertz CT molecular complexity index is 1120. The summed E-state index contributed by atoms with van der Waals surface area (Å²) in [5, 5.41) is 0. The summed E-state index contributed by atoms with van der Waals surface area (Å²) in [6.07, 6.45) is 5.48. The number of terminal acetylenes is 1. The zero-order valence-corrected chi connectivity index (χ0v) is 15.2. The van der Waals surface area contributed by atoms with Gasteiger partial charge in [0.05, 0.1) is 29.4 Å². The van der Waals surface area contributed by atoms with E-state index in [2.05, 4.69) is 10.9 Å². The summed E-state index contributed by atoms with van der Waals surface area (Å²) in [5.74, 6) is 1.84. The molecule has 26 heavy (non-hydrogen) atoms. The summed E-state index contributed by atoms with van der Waals surface area (Å²) < 4.78 is 7.35. The first-order valence-corrected chi connectivity index (χ1v) is 8.66. The van der Waals surface area contributed by atoms with Crippen LogP contribution in [0.1, 0.15) is 26.3 Å². The highest BCUT2D eigenvalue weighted by molar-refractivity contribution is 7.16. The predicted molar refractivity (Wildman–Crippen MR) is 101 cm³/mol. The fraction of sp³-hybridized carbons (Fsp3) is 0.150. The molecule has 0 fully saturated rings. The van der Waals surface area contributed by atoms with Crippen molar-refractivity contribution >= 4 is 33.4 Å². The van der Waals surface area contributed by atoms with Crippen LogP contribution >= 0.6 is 11.3 Å². The third kappa shape index (κ3) is 3.30. The fourth-order valence-electron chi connectivity index (χ4n) is 2.61. The first-order valence-electron chi connectivity index (χ1n) is 7.85. The second-order valence-corrected chi connectivity index (χ2v) is 6.59. The van der Waals surface area contributed by atoms with Crippen molar-refractivity contribution in [1.82, 2.24) is 4.57 Å². The van der Waals surface area contributed by atoms with E-state index >= 15 is 0 Å². The van der Waals surface area contributed by atoms with E-state index in [1.54, 1.807) is 34.9 Å². The molecule has 0 aliphatic carbocycles. The number of methoxy groups -OCH3 is 1. The second kappa shape index (κ2) is 7.38. The number of rotatable bonds is 3. The van der Waals surface area contributed by atoms with Gasteiger partial charge in [0.2, 0.25) is 0 Å². The van der Waals surface area contributed by atoms with Gasteiger partial charge >= 0.3 is 5.97 Å². The summed E-state index contributed by atoms with van der Waals surface area (Å²) in [6.45, 7) is 2.14. The van der Waals surface area contributed by atoms with Gasteiger partial charge in [0.25, 0.3) is 5.91 Å². The number of aryl methyl sites for hydroxylation is 1. The highest BCUT2D eigenvalue weighted by atomic mass is 32.1.